The van der Waals surface area contributed by atoms with Gasteiger partial charge in [-0.2, -0.15) is 0 Å². The van der Waals surface area contributed by atoms with Gasteiger partial charge in [0.25, 0.3) is 0 Å². The van der Waals surface area contributed by atoms with Gasteiger partial charge >= 0.3 is 0 Å². The lowest BCUT2D eigenvalue weighted by atomic mass is 9.85. The van der Waals surface area contributed by atoms with Gasteiger partial charge in [0.1, 0.15) is 5.82 Å². The van der Waals surface area contributed by atoms with E-state index in [0.29, 0.717) is 11.8 Å². The van der Waals surface area contributed by atoms with Crippen LogP contribution in [0, 0.1) is 0 Å². The van der Waals surface area contributed by atoms with E-state index in [1.165, 1.54) is 19.3 Å². The number of halogens is 1. The summed E-state index contributed by atoms with van der Waals surface area (Å²) in [6.45, 7) is 2.11. The lowest BCUT2D eigenvalue weighted by Gasteiger charge is -2.24. The Kier molecular flexibility index (Phi) is 3.02. The zero-order valence-corrected chi connectivity index (χ0v) is 9.22. The predicted molar refractivity (Wildman–Crippen MR) is 57.6 cm³/mol. The summed E-state index contributed by atoms with van der Waals surface area (Å²) >= 11 is 5.81. The Bertz CT molecular complexity index is 321. The molecule has 0 unspecified atom stereocenters. The van der Waals surface area contributed by atoms with Crippen molar-refractivity contribution < 1.29 is 0 Å². The Labute approximate surface area is 89.7 Å². The van der Waals surface area contributed by atoms with Crippen LogP contribution < -0.4 is 0 Å². The van der Waals surface area contributed by atoms with Gasteiger partial charge in [-0.1, -0.05) is 13.3 Å². The van der Waals surface area contributed by atoms with Crippen LogP contribution in [0.4, 0.5) is 0 Å². The molecule has 0 spiro atoms. The first-order valence-corrected chi connectivity index (χ1v) is 5.79. The summed E-state index contributed by atoms with van der Waals surface area (Å²) < 4.78 is 0. The summed E-state index contributed by atoms with van der Waals surface area (Å²) in [7, 11) is 0. The molecule has 3 heteroatoms. The highest BCUT2D eigenvalue weighted by atomic mass is 35.5. The van der Waals surface area contributed by atoms with Crippen molar-refractivity contribution in [2.45, 2.75) is 44.4 Å². The highest BCUT2D eigenvalue weighted by Crippen LogP contribution is 2.34. The number of hydrogen-bond acceptors (Lipinski definition) is 2. The number of nitrogens with zero attached hydrogens (tertiary/aromatic N) is 2. The molecule has 0 aromatic carbocycles. The predicted octanol–water partition coefficient (Wildman–Crippen LogP) is 3.05. The third kappa shape index (κ3) is 1.76. The Morgan fingerprint density at radius 3 is 2.79 bits per heavy atom. The Hall–Kier alpha value is -0.630. The second kappa shape index (κ2) is 4.26. The minimum Gasteiger partial charge on any atom is -0.241 e. The molecular formula is C11H15ClN2. The van der Waals surface area contributed by atoms with Gasteiger partial charge in [-0.05, 0) is 19.3 Å². The van der Waals surface area contributed by atoms with E-state index < -0.39 is 0 Å². The third-order valence-corrected chi connectivity index (χ3v) is 3.21. The SMILES string of the molecule is CCc1nc(C2CCC2)ncc1CCl. The topological polar surface area (TPSA) is 25.8 Å². The average Bonchev–Trinajstić information content (AvgIpc) is 2.15. The smallest absolute Gasteiger partial charge is 0.131 e. The maximum atomic E-state index is 5.81. The van der Waals surface area contributed by atoms with Gasteiger partial charge in [-0.25, -0.2) is 9.97 Å². The quantitative estimate of drug-likeness (QED) is 0.717. The van der Waals surface area contributed by atoms with Gasteiger partial charge < -0.3 is 0 Å². The fourth-order valence-electron chi connectivity index (χ4n) is 1.74. The largest absolute Gasteiger partial charge is 0.241 e. The lowest BCUT2D eigenvalue weighted by Crippen LogP contribution is -2.14. The van der Waals surface area contributed by atoms with Gasteiger partial charge in [0.05, 0.1) is 5.88 Å². The van der Waals surface area contributed by atoms with E-state index in [9.17, 15) is 0 Å². The van der Waals surface area contributed by atoms with E-state index in [-0.39, 0.29) is 0 Å². The van der Waals surface area contributed by atoms with Gasteiger partial charge in [0.15, 0.2) is 0 Å². The van der Waals surface area contributed by atoms with Crippen LogP contribution in [0.5, 0.6) is 0 Å². The maximum absolute atomic E-state index is 5.81. The van der Waals surface area contributed by atoms with Crippen molar-refractivity contribution in [1.29, 1.82) is 0 Å². The third-order valence-electron chi connectivity index (χ3n) is 2.92. The molecule has 0 amide bonds. The minimum absolute atomic E-state index is 0.522. The van der Waals surface area contributed by atoms with Crippen molar-refractivity contribution in [2.24, 2.45) is 0 Å². The summed E-state index contributed by atoms with van der Waals surface area (Å²) in [5.74, 6) is 2.17. The molecule has 1 aromatic heterocycles. The van der Waals surface area contributed by atoms with Crippen LogP contribution in [0.3, 0.4) is 0 Å². The first-order chi connectivity index (χ1) is 6.85. The van der Waals surface area contributed by atoms with Crippen molar-refractivity contribution in [1.82, 2.24) is 9.97 Å². The zero-order chi connectivity index (χ0) is 9.97. The van der Waals surface area contributed by atoms with Gasteiger partial charge in [0.2, 0.25) is 0 Å². The number of aryl methyl sites for hydroxylation is 1. The standard InChI is InChI=1S/C11H15ClN2/c1-2-10-9(6-12)7-13-11(14-10)8-4-3-5-8/h7-8H,2-6H2,1H3. The second-order valence-electron chi connectivity index (χ2n) is 3.82. The Morgan fingerprint density at radius 1 is 1.50 bits per heavy atom. The van der Waals surface area contributed by atoms with Crippen LogP contribution in [0.15, 0.2) is 6.20 Å². The average molecular weight is 211 g/mol. The van der Waals surface area contributed by atoms with E-state index in [0.717, 1.165) is 23.5 Å². The summed E-state index contributed by atoms with van der Waals surface area (Å²) in [6.07, 6.45) is 6.68. The maximum Gasteiger partial charge on any atom is 0.131 e. The van der Waals surface area contributed by atoms with Crippen molar-refractivity contribution in [2.75, 3.05) is 0 Å². The normalized spacial score (nSPS) is 16.7. The van der Waals surface area contributed by atoms with Gasteiger partial charge in [0, 0.05) is 23.4 Å². The molecule has 1 fully saturated rings. The molecule has 76 valence electrons. The first kappa shape index (κ1) is 9.91. The number of rotatable bonds is 3. The molecule has 1 aliphatic carbocycles. The van der Waals surface area contributed by atoms with E-state index in [4.69, 9.17) is 11.6 Å². The van der Waals surface area contributed by atoms with Gasteiger partial charge in [-0.3, -0.25) is 0 Å². The first-order valence-electron chi connectivity index (χ1n) is 5.25. The Morgan fingerprint density at radius 2 is 2.29 bits per heavy atom. The van der Waals surface area contributed by atoms with Crippen LogP contribution in [-0.4, -0.2) is 9.97 Å². The van der Waals surface area contributed by atoms with Crippen molar-refractivity contribution >= 4 is 11.6 Å². The number of hydrogen-bond donors (Lipinski definition) is 0. The van der Waals surface area contributed by atoms with Crippen LogP contribution in [0.25, 0.3) is 0 Å². The Balaban J connectivity index is 2.26. The van der Waals surface area contributed by atoms with Crippen molar-refractivity contribution in [3.63, 3.8) is 0 Å². The molecule has 1 heterocycles. The highest BCUT2D eigenvalue weighted by Gasteiger charge is 2.22. The summed E-state index contributed by atoms with van der Waals surface area (Å²) in [5, 5.41) is 0. The summed E-state index contributed by atoms with van der Waals surface area (Å²) in [4.78, 5) is 8.97. The molecule has 14 heavy (non-hydrogen) atoms. The van der Waals surface area contributed by atoms with Crippen LogP contribution >= 0.6 is 11.6 Å². The zero-order valence-electron chi connectivity index (χ0n) is 8.46. The van der Waals surface area contributed by atoms with E-state index in [1.54, 1.807) is 0 Å². The second-order valence-corrected chi connectivity index (χ2v) is 4.08. The van der Waals surface area contributed by atoms with Crippen LogP contribution in [-0.2, 0) is 12.3 Å². The molecule has 2 nitrogen and oxygen atoms in total. The minimum atomic E-state index is 0.522. The molecule has 0 saturated heterocycles. The van der Waals surface area contributed by atoms with Crippen molar-refractivity contribution in [3.8, 4) is 0 Å². The highest BCUT2D eigenvalue weighted by molar-refractivity contribution is 6.17. The molecule has 0 aliphatic heterocycles. The summed E-state index contributed by atoms with van der Waals surface area (Å²) in [5.41, 5.74) is 2.20. The molecule has 1 aliphatic rings. The van der Waals surface area contributed by atoms with E-state index in [1.807, 2.05) is 6.20 Å². The fraction of sp³-hybridized carbons (Fsp3) is 0.636. The van der Waals surface area contributed by atoms with Crippen LogP contribution in [0.1, 0.15) is 49.2 Å². The fourth-order valence-corrected chi connectivity index (χ4v) is 1.96. The van der Waals surface area contributed by atoms with Crippen molar-refractivity contribution in [3.05, 3.63) is 23.3 Å². The molecule has 1 aromatic rings. The molecule has 0 N–H and O–H groups in total. The van der Waals surface area contributed by atoms with Crippen LogP contribution in [0.2, 0.25) is 0 Å². The number of aromatic nitrogens is 2. The molecule has 0 atom stereocenters. The lowest BCUT2D eigenvalue weighted by molar-refractivity contribution is 0.400. The molecule has 1 saturated carbocycles. The van der Waals surface area contributed by atoms with Gasteiger partial charge in [-0.15, -0.1) is 11.6 Å². The van der Waals surface area contributed by atoms with E-state index >= 15 is 0 Å². The summed E-state index contributed by atoms with van der Waals surface area (Å²) in [6, 6.07) is 0. The monoisotopic (exact) mass is 210 g/mol. The van der Waals surface area contributed by atoms with E-state index in [2.05, 4.69) is 16.9 Å². The molecule has 0 bridgehead atoms. The molecule has 0 radical (unpaired) electrons. The molecular weight excluding hydrogens is 196 g/mol. The number of alkyl halides is 1. The molecule has 2 rings (SSSR count).